The van der Waals surface area contributed by atoms with E-state index in [1.54, 1.807) is 0 Å². The second-order valence-corrected chi connectivity index (χ2v) is 4.94. The first-order chi connectivity index (χ1) is 6.23. The maximum absolute atomic E-state index is 12.4. The summed E-state index contributed by atoms with van der Waals surface area (Å²) in [5, 5.41) is 5.29. The molecule has 0 aromatic heterocycles. The molecule has 2 atom stereocenters. The fourth-order valence-electron chi connectivity index (χ4n) is 1.54. The highest BCUT2D eigenvalue weighted by atomic mass is 32.2. The first kappa shape index (κ1) is 11.7. The molecule has 1 aliphatic rings. The third-order valence-corrected chi connectivity index (χ3v) is 3.38. The molecule has 0 spiro atoms. The number of nitrogens with two attached hydrogens (primary N) is 1. The van der Waals surface area contributed by atoms with E-state index in [1.807, 2.05) is 0 Å². The molecule has 1 aliphatic heterocycles. The molecule has 1 saturated heterocycles. The normalized spacial score (nSPS) is 30.3. The quantitative estimate of drug-likeness (QED) is 0.676. The Labute approximate surface area is 79.7 Å². The Morgan fingerprint density at radius 2 is 1.93 bits per heavy atom. The van der Waals surface area contributed by atoms with E-state index >= 15 is 0 Å². The number of hydrogen-bond acceptors (Lipinski definition) is 3. The predicted molar refractivity (Wildman–Crippen MR) is 43.7 cm³/mol. The van der Waals surface area contributed by atoms with Gasteiger partial charge in [-0.05, 0) is 19.4 Å². The van der Waals surface area contributed by atoms with Gasteiger partial charge in [0.1, 0.15) is 5.37 Å². The van der Waals surface area contributed by atoms with Gasteiger partial charge in [0.15, 0.2) is 0 Å². The molecule has 1 rings (SSSR count). The van der Waals surface area contributed by atoms with Gasteiger partial charge in [0.25, 0.3) is 0 Å². The van der Waals surface area contributed by atoms with Crippen LogP contribution in [0.5, 0.6) is 0 Å². The van der Waals surface area contributed by atoms with Crippen molar-refractivity contribution in [1.82, 2.24) is 5.32 Å². The van der Waals surface area contributed by atoms with E-state index in [-0.39, 0.29) is 13.0 Å². The van der Waals surface area contributed by atoms with Crippen molar-refractivity contribution in [2.75, 3.05) is 6.54 Å². The van der Waals surface area contributed by atoms with Gasteiger partial charge in [0, 0.05) is 0 Å². The van der Waals surface area contributed by atoms with E-state index in [2.05, 4.69) is 5.32 Å². The molecule has 0 amide bonds. The van der Waals surface area contributed by atoms with Crippen molar-refractivity contribution in [3.8, 4) is 0 Å². The van der Waals surface area contributed by atoms with E-state index in [9.17, 15) is 21.6 Å². The number of hydrogen-bond donors (Lipinski definition) is 2. The van der Waals surface area contributed by atoms with Crippen LogP contribution in [-0.4, -0.2) is 26.5 Å². The van der Waals surface area contributed by atoms with Gasteiger partial charge in [-0.2, -0.15) is 13.2 Å². The van der Waals surface area contributed by atoms with Crippen LogP contribution >= 0.6 is 0 Å². The Morgan fingerprint density at radius 3 is 2.29 bits per heavy atom. The van der Waals surface area contributed by atoms with Crippen molar-refractivity contribution in [2.45, 2.75) is 24.4 Å². The molecule has 0 aliphatic carbocycles. The molecule has 0 bridgehead atoms. The molecule has 1 heterocycles. The highest BCUT2D eigenvalue weighted by Crippen LogP contribution is 2.35. The molecule has 0 aromatic rings. The monoisotopic (exact) mass is 232 g/mol. The van der Waals surface area contributed by atoms with Crippen LogP contribution in [0.4, 0.5) is 13.2 Å². The van der Waals surface area contributed by atoms with Gasteiger partial charge in [-0.25, -0.2) is 13.6 Å². The first-order valence-electron chi connectivity index (χ1n) is 4.04. The zero-order chi connectivity index (χ0) is 11.0. The minimum atomic E-state index is -4.52. The topological polar surface area (TPSA) is 72.2 Å². The van der Waals surface area contributed by atoms with E-state index < -0.39 is 27.5 Å². The van der Waals surface area contributed by atoms with Crippen molar-refractivity contribution >= 4 is 10.0 Å². The molecule has 2 unspecified atom stereocenters. The van der Waals surface area contributed by atoms with Crippen LogP contribution in [0.1, 0.15) is 12.8 Å². The molecule has 3 N–H and O–H groups in total. The van der Waals surface area contributed by atoms with E-state index in [1.165, 1.54) is 0 Å². The van der Waals surface area contributed by atoms with Crippen LogP contribution in [-0.2, 0) is 10.0 Å². The summed E-state index contributed by atoms with van der Waals surface area (Å²) >= 11 is 0. The molecular weight excluding hydrogens is 221 g/mol. The number of rotatable bonds is 1. The minimum Gasteiger partial charge on any atom is -0.299 e. The molecule has 0 saturated carbocycles. The van der Waals surface area contributed by atoms with Crippen molar-refractivity contribution in [1.29, 1.82) is 0 Å². The Balaban J connectivity index is 2.91. The Bertz CT molecular complexity index is 301. The van der Waals surface area contributed by atoms with E-state index in [0.717, 1.165) is 0 Å². The number of halogens is 3. The molecule has 8 heteroatoms. The zero-order valence-electron chi connectivity index (χ0n) is 7.21. The highest BCUT2D eigenvalue weighted by Gasteiger charge is 2.49. The summed E-state index contributed by atoms with van der Waals surface area (Å²) in [7, 11) is -4.19. The Kier molecular flexibility index (Phi) is 3.07. The molecule has 0 radical (unpaired) electrons. The average Bonchev–Trinajstić information content (AvgIpc) is 2.01. The summed E-state index contributed by atoms with van der Waals surface area (Å²) < 4.78 is 58.8. The van der Waals surface area contributed by atoms with Crippen molar-refractivity contribution in [2.24, 2.45) is 11.1 Å². The van der Waals surface area contributed by atoms with Crippen molar-refractivity contribution in [3.05, 3.63) is 0 Å². The lowest BCUT2D eigenvalue weighted by Gasteiger charge is -2.32. The molecule has 1 fully saturated rings. The molecule has 0 aromatic carbocycles. The van der Waals surface area contributed by atoms with Crippen LogP contribution < -0.4 is 10.5 Å². The summed E-state index contributed by atoms with van der Waals surface area (Å²) in [5.74, 6) is -1.90. The summed E-state index contributed by atoms with van der Waals surface area (Å²) in [5.41, 5.74) is 0. The van der Waals surface area contributed by atoms with Crippen LogP contribution in [0.3, 0.4) is 0 Å². The highest BCUT2D eigenvalue weighted by molar-refractivity contribution is 7.89. The van der Waals surface area contributed by atoms with Gasteiger partial charge in [0.2, 0.25) is 10.0 Å². The van der Waals surface area contributed by atoms with Gasteiger partial charge in [-0.3, -0.25) is 5.32 Å². The van der Waals surface area contributed by atoms with Gasteiger partial charge < -0.3 is 0 Å². The van der Waals surface area contributed by atoms with Gasteiger partial charge in [-0.15, -0.1) is 0 Å². The van der Waals surface area contributed by atoms with Crippen LogP contribution in [0.2, 0.25) is 0 Å². The van der Waals surface area contributed by atoms with Crippen LogP contribution in [0.15, 0.2) is 0 Å². The standard InChI is InChI=1S/C6H11F3N2O2S/c7-6(8,9)4-2-1-3-11-5(4)14(10,12)13/h4-5,11H,1-3H2,(H2,10,12,13). The lowest BCUT2D eigenvalue weighted by molar-refractivity contribution is -0.181. The lowest BCUT2D eigenvalue weighted by atomic mass is 9.99. The van der Waals surface area contributed by atoms with Crippen molar-refractivity contribution < 1.29 is 21.6 Å². The minimum absolute atomic E-state index is 0.197. The summed E-state index contributed by atoms with van der Waals surface area (Å²) in [6, 6.07) is 0. The van der Waals surface area contributed by atoms with Crippen LogP contribution in [0, 0.1) is 5.92 Å². The number of piperidine rings is 1. The molecule has 4 nitrogen and oxygen atoms in total. The first-order valence-corrected chi connectivity index (χ1v) is 5.65. The number of nitrogens with one attached hydrogen (secondary N) is 1. The smallest absolute Gasteiger partial charge is 0.299 e. The molecule has 84 valence electrons. The SMILES string of the molecule is NS(=O)(=O)C1NCCCC1C(F)(F)F. The number of primary sulfonamides is 1. The van der Waals surface area contributed by atoms with Gasteiger partial charge >= 0.3 is 6.18 Å². The van der Waals surface area contributed by atoms with E-state index in [0.29, 0.717) is 6.42 Å². The fourth-order valence-corrected chi connectivity index (χ4v) is 2.64. The summed E-state index contributed by atoms with van der Waals surface area (Å²) in [6.45, 7) is 0.244. The summed E-state index contributed by atoms with van der Waals surface area (Å²) in [4.78, 5) is 0. The third-order valence-electron chi connectivity index (χ3n) is 2.18. The summed E-state index contributed by atoms with van der Waals surface area (Å²) in [6.07, 6.45) is -4.42. The van der Waals surface area contributed by atoms with Crippen LogP contribution in [0.25, 0.3) is 0 Å². The predicted octanol–water partition coefficient (Wildman–Crippen LogP) is 0.163. The molecule has 14 heavy (non-hydrogen) atoms. The average molecular weight is 232 g/mol. The lowest BCUT2D eigenvalue weighted by Crippen LogP contribution is -2.53. The number of sulfonamides is 1. The van der Waals surface area contributed by atoms with E-state index in [4.69, 9.17) is 5.14 Å². The fraction of sp³-hybridized carbons (Fsp3) is 1.00. The Hall–Kier alpha value is -0.340. The zero-order valence-corrected chi connectivity index (χ0v) is 8.03. The third kappa shape index (κ3) is 2.58. The largest absolute Gasteiger partial charge is 0.394 e. The molecular formula is C6H11F3N2O2S. The van der Waals surface area contributed by atoms with Crippen molar-refractivity contribution in [3.63, 3.8) is 0 Å². The maximum Gasteiger partial charge on any atom is 0.394 e. The Morgan fingerprint density at radius 1 is 1.36 bits per heavy atom. The van der Waals surface area contributed by atoms with Gasteiger partial charge in [0.05, 0.1) is 5.92 Å². The second-order valence-electron chi connectivity index (χ2n) is 3.25. The maximum atomic E-state index is 12.4. The van der Waals surface area contributed by atoms with Gasteiger partial charge in [-0.1, -0.05) is 0 Å². The number of alkyl halides is 3. The second kappa shape index (κ2) is 3.67.